The van der Waals surface area contributed by atoms with Crippen LogP contribution in [-0.4, -0.2) is 11.5 Å². The summed E-state index contributed by atoms with van der Waals surface area (Å²) in [6.45, 7) is 5.47. The number of hydrogen-bond acceptors (Lipinski definition) is 2. The molecule has 0 spiro atoms. The number of fused-ring (bicyclic) bond motifs is 1. The van der Waals surface area contributed by atoms with Crippen LogP contribution in [-0.2, 0) is 6.42 Å². The van der Waals surface area contributed by atoms with Crippen LogP contribution >= 0.6 is 0 Å². The second kappa shape index (κ2) is 6.40. The fourth-order valence-corrected chi connectivity index (χ4v) is 3.34. The minimum atomic E-state index is 0.414. The molecule has 2 atom stereocenters. The van der Waals surface area contributed by atoms with E-state index in [1.165, 1.54) is 29.5 Å². The van der Waals surface area contributed by atoms with Gasteiger partial charge in [-0.25, -0.2) is 0 Å². The van der Waals surface area contributed by atoms with Gasteiger partial charge in [-0.2, -0.15) is 0 Å². The number of benzene rings is 1. The van der Waals surface area contributed by atoms with Crippen LogP contribution in [0.15, 0.2) is 42.7 Å². The molecule has 3 rings (SSSR count). The molecule has 2 nitrogen and oxygen atoms in total. The summed E-state index contributed by atoms with van der Waals surface area (Å²) in [5.41, 5.74) is 5.77. The average Bonchev–Trinajstić information content (AvgIpc) is 2.49. The van der Waals surface area contributed by atoms with Crippen LogP contribution in [0.2, 0.25) is 0 Å². The summed E-state index contributed by atoms with van der Waals surface area (Å²) in [5.74, 6) is 0.690. The van der Waals surface area contributed by atoms with Gasteiger partial charge in [-0.15, -0.1) is 0 Å². The molecule has 1 aromatic heterocycles. The Bertz CT molecular complexity index is 606. The monoisotopic (exact) mass is 280 g/mol. The lowest BCUT2D eigenvalue weighted by atomic mass is 9.73. The lowest BCUT2D eigenvalue weighted by Gasteiger charge is -2.34. The Balaban J connectivity index is 1.77. The van der Waals surface area contributed by atoms with Gasteiger partial charge < -0.3 is 5.32 Å². The molecule has 0 aliphatic heterocycles. The molecule has 110 valence electrons. The lowest BCUT2D eigenvalue weighted by molar-refractivity contribution is 0.426. The highest BCUT2D eigenvalue weighted by Gasteiger charge is 2.28. The van der Waals surface area contributed by atoms with Crippen molar-refractivity contribution in [3.05, 3.63) is 65.0 Å². The maximum atomic E-state index is 4.33. The molecule has 2 heteroatoms. The number of hydrogen-bond donors (Lipinski definition) is 1. The molecule has 0 saturated heterocycles. The predicted octanol–water partition coefficient (Wildman–Crippen LogP) is 4.16. The molecular formula is C19H24N2. The zero-order chi connectivity index (χ0) is 14.7. The van der Waals surface area contributed by atoms with Gasteiger partial charge in [0.25, 0.3) is 0 Å². The maximum absolute atomic E-state index is 4.33. The van der Waals surface area contributed by atoms with E-state index in [1.807, 2.05) is 12.4 Å². The molecule has 1 aliphatic carbocycles. The van der Waals surface area contributed by atoms with E-state index in [0.717, 1.165) is 13.0 Å². The first-order valence-electron chi connectivity index (χ1n) is 8.01. The van der Waals surface area contributed by atoms with E-state index in [4.69, 9.17) is 0 Å². The van der Waals surface area contributed by atoms with Gasteiger partial charge in [0.1, 0.15) is 0 Å². The van der Waals surface area contributed by atoms with Crippen LogP contribution in [0.1, 0.15) is 54.0 Å². The highest BCUT2D eigenvalue weighted by Crippen LogP contribution is 2.40. The van der Waals surface area contributed by atoms with Crippen molar-refractivity contribution < 1.29 is 0 Å². The molecule has 0 radical (unpaired) electrons. The Morgan fingerprint density at radius 3 is 2.90 bits per heavy atom. The summed E-state index contributed by atoms with van der Waals surface area (Å²) < 4.78 is 0. The topological polar surface area (TPSA) is 24.9 Å². The Morgan fingerprint density at radius 2 is 2.14 bits per heavy atom. The van der Waals surface area contributed by atoms with E-state index in [2.05, 4.69) is 54.5 Å². The van der Waals surface area contributed by atoms with Crippen molar-refractivity contribution in [3.8, 4) is 0 Å². The van der Waals surface area contributed by atoms with E-state index in [1.54, 1.807) is 5.56 Å². The first kappa shape index (κ1) is 14.3. The summed E-state index contributed by atoms with van der Waals surface area (Å²) in [5, 5.41) is 3.72. The van der Waals surface area contributed by atoms with Crippen molar-refractivity contribution in [1.29, 1.82) is 0 Å². The second-order valence-electron chi connectivity index (χ2n) is 6.07. The van der Waals surface area contributed by atoms with E-state index in [9.17, 15) is 0 Å². The zero-order valence-electron chi connectivity index (χ0n) is 13.0. The van der Waals surface area contributed by atoms with Crippen molar-refractivity contribution in [1.82, 2.24) is 10.3 Å². The molecule has 2 unspecified atom stereocenters. The van der Waals surface area contributed by atoms with Crippen LogP contribution < -0.4 is 5.32 Å². The van der Waals surface area contributed by atoms with Gasteiger partial charge in [0.2, 0.25) is 0 Å². The number of aromatic nitrogens is 1. The second-order valence-corrected chi connectivity index (χ2v) is 6.07. The van der Waals surface area contributed by atoms with E-state index < -0.39 is 0 Å². The Morgan fingerprint density at radius 1 is 1.29 bits per heavy atom. The Hall–Kier alpha value is -1.67. The number of nitrogens with zero attached hydrogens (tertiary/aromatic N) is 1. The normalized spacial score (nSPS) is 17.9. The van der Waals surface area contributed by atoms with Gasteiger partial charge >= 0.3 is 0 Å². The van der Waals surface area contributed by atoms with Gasteiger partial charge in [-0.1, -0.05) is 31.2 Å². The quantitative estimate of drug-likeness (QED) is 0.859. The largest absolute Gasteiger partial charge is 0.310 e. The van der Waals surface area contributed by atoms with Gasteiger partial charge in [-0.05, 0) is 67.0 Å². The van der Waals surface area contributed by atoms with E-state index >= 15 is 0 Å². The van der Waals surface area contributed by atoms with Crippen molar-refractivity contribution in [2.24, 2.45) is 0 Å². The highest BCUT2D eigenvalue weighted by molar-refractivity contribution is 5.40. The number of pyridine rings is 1. The summed E-state index contributed by atoms with van der Waals surface area (Å²) in [6, 6.07) is 11.4. The molecule has 1 aromatic carbocycles. The Kier molecular flexibility index (Phi) is 4.35. The number of aryl methyl sites for hydroxylation is 1. The minimum absolute atomic E-state index is 0.414. The van der Waals surface area contributed by atoms with Crippen LogP contribution in [0, 0.1) is 6.92 Å². The van der Waals surface area contributed by atoms with Crippen molar-refractivity contribution in [3.63, 3.8) is 0 Å². The van der Waals surface area contributed by atoms with Crippen molar-refractivity contribution in [2.75, 3.05) is 6.54 Å². The smallest absolute Gasteiger partial charge is 0.0344 e. The first-order chi connectivity index (χ1) is 10.3. The molecular weight excluding hydrogens is 256 g/mol. The molecule has 1 aliphatic rings. The summed E-state index contributed by atoms with van der Waals surface area (Å²) in [4.78, 5) is 4.33. The number of nitrogens with one attached hydrogen (secondary N) is 1. The van der Waals surface area contributed by atoms with Crippen LogP contribution in [0.25, 0.3) is 0 Å². The van der Waals surface area contributed by atoms with E-state index in [-0.39, 0.29) is 0 Å². The molecule has 21 heavy (non-hydrogen) atoms. The predicted molar refractivity (Wildman–Crippen MR) is 87.5 cm³/mol. The maximum Gasteiger partial charge on any atom is 0.0344 e. The minimum Gasteiger partial charge on any atom is -0.310 e. The summed E-state index contributed by atoms with van der Waals surface area (Å²) >= 11 is 0. The first-order valence-corrected chi connectivity index (χ1v) is 8.01. The third-order valence-corrected chi connectivity index (χ3v) is 4.58. The lowest BCUT2D eigenvalue weighted by Crippen LogP contribution is -2.28. The van der Waals surface area contributed by atoms with Crippen molar-refractivity contribution >= 4 is 0 Å². The van der Waals surface area contributed by atoms with Gasteiger partial charge in [0, 0.05) is 18.4 Å². The third-order valence-electron chi connectivity index (χ3n) is 4.58. The zero-order valence-corrected chi connectivity index (χ0v) is 13.0. The van der Waals surface area contributed by atoms with E-state index in [0.29, 0.717) is 12.0 Å². The van der Waals surface area contributed by atoms with Gasteiger partial charge in [-0.3, -0.25) is 4.98 Å². The Labute approximate surface area is 127 Å². The summed E-state index contributed by atoms with van der Waals surface area (Å²) in [7, 11) is 0. The summed E-state index contributed by atoms with van der Waals surface area (Å²) in [6.07, 6.45) is 7.47. The molecule has 1 N–H and O–H groups in total. The SMILES string of the molecule is CCCNC(CC1Cc2ccccc21)c1cnccc1C. The molecule has 0 amide bonds. The van der Waals surface area contributed by atoms with Crippen LogP contribution in [0.4, 0.5) is 0 Å². The molecule has 0 saturated carbocycles. The van der Waals surface area contributed by atoms with Crippen LogP contribution in [0.5, 0.6) is 0 Å². The average molecular weight is 280 g/mol. The third kappa shape index (κ3) is 3.01. The molecule has 0 bridgehead atoms. The fraction of sp³-hybridized carbons (Fsp3) is 0.421. The molecule has 1 heterocycles. The van der Waals surface area contributed by atoms with Crippen molar-refractivity contribution in [2.45, 2.75) is 45.1 Å². The molecule has 2 aromatic rings. The van der Waals surface area contributed by atoms with Gasteiger partial charge in [0.15, 0.2) is 0 Å². The highest BCUT2D eigenvalue weighted by atomic mass is 14.9. The van der Waals surface area contributed by atoms with Gasteiger partial charge in [0.05, 0.1) is 0 Å². The standard InChI is InChI=1S/C19H24N2/c1-3-9-21-19(18-13-20-10-8-14(18)2)12-16-11-15-6-4-5-7-17(15)16/h4-8,10,13,16,19,21H,3,9,11-12H2,1-2H3. The van der Waals surface area contributed by atoms with Crippen LogP contribution in [0.3, 0.4) is 0 Å². The molecule has 0 fully saturated rings. The number of rotatable bonds is 6. The fourth-order valence-electron chi connectivity index (χ4n) is 3.34.